The van der Waals surface area contributed by atoms with Crippen LogP contribution in [0, 0.1) is 5.92 Å². The van der Waals surface area contributed by atoms with Crippen LogP contribution in [-0.2, 0) is 0 Å². The highest BCUT2D eigenvalue weighted by Gasteiger charge is 2.33. The summed E-state index contributed by atoms with van der Waals surface area (Å²) >= 11 is 3.74. The molecular formula is C20H15Br. The second kappa shape index (κ2) is 5.16. The summed E-state index contributed by atoms with van der Waals surface area (Å²) in [4.78, 5) is 0. The molecule has 1 unspecified atom stereocenters. The predicted octanol–water partition coefficient (Wildman–Crippen LogP) is 5.86. The van der Waals surface area contributed by atoms with Crippen LogP contribution in [0.5, 0.6) is 0 Å². The maximum atomic E-state index is 3.74. The van der Waals surface area contributed by atoms with Crippen molar-refractivity contribution in [1.29, 1.82) is 0 Å². The Morgan fingerprint density at radius 1 is 0.714 bits per heavy atom. The van der Waals surface area contributed by atoms with E-state index in [1.165, 1.54) is 26.7 Å². The number of benzene rings is 2. The standard InChI is InChI=1S/C20H15Br/c21-18-13-7-12-17-19(14-8-3-1-2-4-9-14)15-10-5-6-11-16(15)20(17)18/h1-14,19H. The highest BCUT2D eigenvalue weighted by Crippen LogP contribution is 2.51. The quantitative estimate of drug-likeness (QED) is 0.612. The van der Waals surface area contributed by atoms with E-state index in [0.29, 0.717) is 11.8 Å². The molecule has 0 bridgehead atoms. The maximum Gasteiger partial charge on any atom is 0.0256 e. The van der Waals surface area contributed by atoms with Crippen LogP contribution in [0.25, 0.3) is 11.1 Å². The summed E-state index contributed by atoms with van der Waals surface area (Å²) in [5.41, 5.74) is 5.58. The van der Waals surface area contributed by atoms with Crippen molar-refractivity contribution in [2.24, 2.45) is 5.92 Å². The number of allylic oxidation sites excluding steroid dienone is 6. The van der Waals surface area contributed by atoms with Crippen molar-refractivity contribution < 1.29 is 0 Å². The van der Waals surface area contributed by atoms with Crippen molar-refractivity contribution in [2.45, 2.75) is 5.92 Å². The monoisotopic (exact) mass is 334 g/mol. The lowest BCUT2D eigenvalue weighted by Crippen LogP contribution is -2.07. The number of hydrogen-bond donors (Lipinski definition) is 0. The SMILES string of the molecule is Brc1cccc2c1-c1ccccc1C2C1C=CC=CC=C1. The Morgan fingerprint density at radius 3 is 2.24 bits per heavy atom. The molecule has 2 aliphatic rings. The topological polar surface area (TPSA) is 0 Å². The van der Waals surface area contributed by atoms with E-state index in [-0.39, 0.29) is 0 Å². The van der Waals surface area contributed by atoms with E-state index in [1.54, 1.807) is 0 Å². The van der Waals surface area contributed by atoms with Crippen LogP contribution in [0.1, 0.15) is 17.0 Å². The molecule has 0 heterocycles. The maximum absolute atomic E-state index is 3.74. The highest BCUT2D eigenvalue weighted by atomic mass is 79.9. The molecule has 0 saturated carbocycles. The van der Waals surface area contributed by atoms with Gasteiger partial charge < -0.3 is 0 Å². The predicted molar refractivity (Wildman–Crippen MR) is 92.3 cm³/mol. The van der Waals surface area contributed by atoms with Gasteiger partial charge in [0, 0.05) is 21.9 Å². The lowest BCUT2D eigenvalue weighted by Gasteiger charge is -2.19. The first-order valence-corrected chi connectivity index (χ1v) is 8.05. The minimum atomic E-state index is 0.400. The summed E-state index contributed by atoms with van der Waals surface area (Å²) in [5, 5.41) is 0. The fourth-order valence-electron chi connectivity index (χ4n) is 3.46. The smallest absolute Gasteiger partial charge is 0.0256 e. The Balaban J connectivity index is 1.95. The zero-order valence-corrected chi connectivity index (χ0v) is 13.1. The van der Waals surface area contributed by atoms with E-state index in [2.05, 4.69) is 94.9 Å². The van der Waals surface area contributed by atoms with E-state index in [9.17, 15) is 0 Å². The molecule has 0 aliphatic heterocycles. The summed E-state index contributed by atoms with van der Waals surface area (Å²) in [5.74, 6) is 0.804. The number of fused-ring (bicyclic) bond motifs is 3. The van der Waals surface area contributed by atoms with Crippen LogP contribution in [0.4, 0.5) is 0 Å². The first-order valence-electron chi connectivity index (χ1n) is 7.25. The molecule has 21 heavy (non-hydrogen) atoms. The van der Waals surface area contributed by atoms with Gasteiger partial charge in [-0.1, -0.05) is 88.8 Å². The second-order valence-electron chi connectivity index (χ2n) is 5.50. The van der Waals surface area contributed by atoms with Crippen molar-refractivity contribution in [3.05, 3.63) is 94.5 Å². The molecule has 0 fully saturated rings. The third-order valence-corrected chi connectivity index (χ3v) is 4.99. The molecule has 0 saturated heterocycles. The molecular weight excluding hydrogens is 320 g/mol. The molecule has 2 aliphatic carbocycles. The van der Waals surface area contributed by atoms with Crippen molar-refractivity contribution in [1.82, 2.24) is 0 Å². The van der Waals surface area contributed by atoms with E-state index >= 15 is 0 Å². The van der Waals surface area contributed by atoms with Crippen molar-refractivity contribution in [3.8, 4) is 11.1 Å². The van der Waals surface area contributed by atoms with Gasteiger partial charge in [0.2, 0.25) is 0 Å². The minimum Gasteiger partial charge on any atom is -0.0767 e. The van der Waals surface area contributed by atoms with E-state index < -0.39 is 0 Å². The van der Waals surface area contributed by atoms with Gasteiger partial charge in [-0.25, -0.2) is 0 Å². The van der Waals surface area contributed by atoms with Gasteiger partial charge in [-0.3, -0.25) is 0 Å². The largest absolute Gasteiger partial charge is 0.0767 e. The van der Waals surface area contributed by atoms with Gasteiger partial charge >= 0.3 is 0 Å². The molecule has 2 aromatic carbocycles. The molecule has 0 nitrogen and oxygen atoms in total. The normalized spacial score (nSPS) is 19.4. The molecule has 2 aromatic rings. The molecule has 0 aromatic heterocycles. The van der Waals surface area contributed by atoms with Gasteiger partial charge in [-0.2, -0.15) is 0 Å². The third-order valence-electron chi connectivity index (χ3n) is 4.33. The minimum absolute atomic E-state index is 0.400. The number of hydrogen-bond acceptors (Lipinski definition) is 0. The summed E-state index contributed by atoms with van der Waals surface area (Å²) in [6.45, 7) is 0. The van der Waals surface area contributed by atoms with Crippen LogP contribution < -0.4 is 0 Å². The fraction of sp³-hybridized carbons (Fsp3) is 0.100. The highest BCUT2D eigenvalue weighted by molar-refractivity contribution is 9.10. The van der Waals surface area contributed by atoms with E-state index in [0.717, 1.165) is 0 Å². The Bertz CT molecular complexity index is 764. The van der Waals surface area contributed by atoms with Crippen LogP contribution in [0.3, 0.4) is 0 Å². The molecule has 4 rings (SSSR count). The van der Waals surface area contributed by atoms with Gasteiger partial charge in [0.15, 0.2) is 0 Å². The molecule has 1 heteroatoms. The first kappa shape index (κ1) is 12.8. The first-order chi connectivity index (χ1) is 10.4. The zero-order valence-electron chi connectivity index (χ0n) is 11.5. The molecule has 102 valence electrons. The summed E-state index contributed by atoms with van der Waals surface area (Å²) < 4.78 is 1.19. The Morgan fingerprint density at radius 2 is 1.43 bits per heavy atom. The van der Waals surface area contributed by atoms with E-state index in [1.807, 2.05) is 0 Å². The third kappa shape index (κ3) is 2.04. The Kier molecular flexibility index (Phi) is 3.16. The van der Waals surface area contributed by atoms with Crippen molar-refractivity contribution in [3.63, 3.8) is 0 Å². The summed E-state index contributed by atoms with van der Waals surface area (Å²) in [6.07, 6.45) is 13.1. The lowest BCUT2D eigenvalue weighted by molar-refractivity contribution is 0.701. The number of halogens is 1. The molecule has 1 atom stereocenters. The summed E-state index contributed by atoms with van der Waals surface area (Å²) in [7, 11) is 0. The van der Waals surface area contributed by atoms with Crippen LogP contribution in [-0.4, -0.2) is 0 Å². The number of rotatable bonds is 1. The van der Waals surface area contributed by atoms with Crippen LogP contribution in [0.2, 0.25) is 0 Å². The average molecular weight is 335 g/mol. The van der Waals surface area contributed by atoms with Gasteiger partial charge in [0.1, 0.15) is 0 Å². The van der Waals surface area contributed by atoms with Crippen LogP contribution >= 0.6 is 15.9 Å². The van der Waals surface area contributed by atoms with Gasteiger partial charge in [-0.15, -0.1) is 0 Å². The van der Waals surface area contributed by atoms with Gasteiger partial charge in [-0.05, 0) is 22.8 Å². The Labute approximate surface area is 133 Å². The van der Waals surface area contributed by atoms with Gasteiger partial charge in [0.05, 0.1) is 0 Å². The molecule has 0 spiro atoms. The molecule has 0 amide bonds. The second-order valence-corrected chi connectivity index (χ2v) is 6.36. The lowest BCUT2D eigenvalue weighted by atomic mass is 9.84. The zero-order chi connectivity index (χ0) is 14.2. The van der Waals surface area contributed by atoms with Crippen molar-refractivity contribution in [2.75, 3.05) is 0 Å². The molecule has 0 N–H and O–H groups in total. The van der Waals surface area contributed by atoms with Gasteiger partial charge in [0.25, 0.3) is 0 Å². The fourth-order valence-corrected chi connectivity index (χ4v) is 4.06. The van der Waals surface area contributed by atoms with Crippen molar-refractivity contribution >= 4 is 15.9 Å². The summed E-state index contributed by atoms with van der Waals surface area (Å²) in [6, 6.07) is 15.3. The average Bonchev–Trinajstić information content (AvgIpc) is 2.66. The van der Waals surface area contributed by atoms with Crippen LogP contribution in [0.15, 0.2) is 83.4 Å². The molecule has 0 radical (unpaired) electrons. The Hall–Kier alpha value is -1.86. The van der Waals surface area contributed by atoms with E-state index in [4.69, 9.17) is 0 Å².